The molecule has 784 valence electrons. The maximum Gasteiger partial charge on any atom is 2.00 e. The molecule has 10 aromatic carbocycles. The number of halogens is 1. The number of benzene rings is 10. The molecule has 19 rings (SSSR count). The van der Waals surface area contributed by atoms with Crippen molar-refractivity contribution in [1.29, 1.82) is 0 Å². The van der Waals surface area contributed by atoms with E-state index in [2.05, 4.69) is 419 Å². The van der Waals surface area contributed by atoms with Crippen LogP contribution in [0.3, 0.4) is 0 Å². The summed E-state index contributed by atoms with van der Waals surface area (Å²) in [6.07, 6.45) is 37.7. The Balaban J connectivity index is 0.000000477. The molecule has 0 amide bonds. The minimum Gasteiger partial charge on any atom is 2.00 e. The van der Waals surface area contributed by atoms with Gasteiger partial charge < -0.3 is 71.1 Å². The summed E-state index contributed by atoms with van der Waals surface area (Å²) < 4.78 is 35.5. The summed E-state index contributed by atoms with van der Waals surface area (Å²) in [5, 5.41) is 5.39. The number of allylic oxidation sites excluding steroid dienone is 3. The van der Waals surface area contributed by atoms with Gasteiger partial charge in [-0.2, -0.15) is 0 Å². The van der Waals surface area contributed by atoms with E-state index in [0.29, 0.717) is 31.1 Å². The van der Waals surface area contributed by atoms with Crippen LogP contribution in [0.5, 0.6) is 11.5 Å². The number of rotatable bonds is 23. The number of hydrogen-bond acceptors (Lipinski definition) is 10. The molecule has 4 fully saturated rings. The number of pyridine rings is 2. The van der Waals surface area contributed by atoms with E-state index in [1.807, 2.05) is 43.3 Å². The van der Waals surface area contributed by atoms with Gasteiger partial charge in [-0.15, -0.1) is 26.3 Å². The fourth-order valence-corrected chi connectivity index (χ4v) is 25.3. The van der Waals surface area contributed by atoms with Crippen LogP contribution in [0.1, 0.15) is 188 Å². The number of aryl methyl sites for hydroxylation is 14. The van der Waals surface area contributed by atoms with Gasteiger partial charge in [-0.1, -0.05) is 261 Å². The molecule has 13 nitrogen and oxygen atoms in total. The van der Waals surface area contributed by atoms with Gasteiger partial charge in [-0.05, 0) is 280 Å². The van der Waals surface area contributed by atoms with E-state index in [1.165, 1.54) is 215 Å². The molecule has 3 aliphatic heterocycles. The van der Waals surface area contributed by atoms with Crippen LogP contribution < -0.4 is 50.3 Å². The molecular formula is C131H161ClFeN8O5PRe-2. The summed E-state index contributed by atoms with van der Waals surface area (Å²) in [5.74, 6) is 3.61. The van der Waals surface area contributed by atoms with Crippen molar-refractivity contribution in [2.75, 3.05) is 72.3 Å². The van der Waals surface area contributed by atoms with Gasteiger partial charge in [0.25, 0.3) is 0 Å². The smallest absolute Gasteiger partial charge is 2.00 e. The Hall–Kier alpha value is -11.6. The molecule has 3 unspecified atom stereocenters. The molecule has 5 heterocycles. The standard InChI is InChI=1S/C44H38O2P.C24H32N2.C15H22N2.C15H20N2.C13H12N2.C7H12.C5H10.3CO.5CH3.ClH.Fe.Re/c1-32-17-19-33(20-18-32)30-45-41-27-28-42(44-36-24-23-35(29-36)43(41)44)46-31-34-21-25-40(26-22-34)47(37-11-5-2-6-12-37,38-13-7-3-8-14-38)39-15-9-4-10-16-39;1-8-9-22-14-25(23-18(4)10-16(2)11-19(23)5)15-26(22)24-20(6)12-17(3)13-21(24)7;2*1-5-6-16-7-8-17(11-16)15-13(3)9-12(2)10-14(15)4;1-3-11-5-7-15-13(9-11)12-8-10(2)4-6-14-12;1-2-7-5-3-4-6-7;1-2-4-5-3-1;3*1-2;;;;;;;;/h2-28,35-36H,29-31H2,1H3;8,10-13,22H,1,9,14-15H2,2-7H3;5,9-10H,1,6-8,11H2,2-4H3;5,7-10H,1,6,11H2,2-4H3;3-9H,1H2,2H3;2,7H,1,3-6H2;1-5H2;;;;5*1H3;1H;;/q+1;;;;;;;;;;5*-1;;+2;+1/p-1. The van der Waals surface area contributed by atoms with Crippen LogP contribution in [0.2, 0.25) is 0 Å². The zero-order valence-electron chi connectivity index (χ0n) is 91.6. The Bertz CT molecular complexity index is 5980. The minimum atomic E-state index is -2.12. The van der Waals surface area contributed by atoms with Crippen LogP contribution >= 0.6 is 16.8 Å². The molecule has 17 heteroatoms. The molecule has 0 spiro atoms. The summed E-state index contributed by atoms with van der Waals surface area (Å²) in [4.78, 5) is 23.2. The van der Waals surface area contributed by atoms with E-state index in [4.69, 9.17) is 33.0 Å². The first-order valence-corrected chi connectivity index (χ1v) is 54.7. The van der Waals surface area contributed by atoms with Crippen LogP contribution in [-0.2, 0) is 62.4 Å². The number of ether oxygens (including phenoxy) is 2. The van der Waals surface area contributed by atoms with E-state index >= 15 is 0 Å². The molecule has 12 aromatic rings. The van der Waals surface area contributed by atoms with Crippen molar-refractivity contribution in [3.63, 3.8) is 0 Å². The van der Waals surface area contributed by atoms with E-state index in [0.717, 1.165) is 106 Å². The summed E-state index contributed by atoms with van der Waals surface area (Å²) in [7, 11) is 2.57. The second-order valence-electron chi connectivity index (χ2n) is 37.8. The molecule has 2 saturated carbocycles. The SMILES string of the molecule is C1CCCC1.C=CC1CCCC1.C=CCC1CN(c2c(C)cc(C)cc2C)CN1c1c(C)cc(C)cc1C.C=CCN1C=CN(c2c(C)cc(C)cc2C)C1.C=CCN1CCN(c2c(C)cc(C)cc2C)C1.C=Cc1ccnc(-c2cc(C)ccn2)c1.Cc1ccc(COc2ccc(OCc3ccc([P+](c4ccccc4)(c4ccccc4)c4ccccc4)cc3)c3c2C2C=CC3C2)cc1.[C-]#[O+].[C-]#[O+].[C-]#[O+].[CH3-].[CH3-].[CH3-].[CH3-].[CH3-].[Cl][Re].[Fe+2]. The Morgan fingerprint density at radius 1 is 0.405 bits per heavy atom. The topological polar surface area (TPSA) is 123 Å². The molecule has 148 heavy (non-hydrogen) atoms. The number of hydrogen-bond donors (Lipinski definition) is 0. The van der Waals surface area contributed by atoms with Crippen molar-refractivity contribution < 1.29 is 58.7 Å². The van der Waals surface area contributed by atoms with Crippen LogP contribution in [0.4, 0.5) is 22.7 Å². The average Bonchev–Trinajstić information content (AvgIpc) is 0.795. The van der Waals surface area contributed by atoms with E-state index in [1.54, 1.807) is 18.5 Å². The fourth-order valence-electron chi connectivity index (χ4n) is 21.0. The van der Waals surface area contributed by atoms with Gasteiger partial charge in [0, 0.05) is 103 Å². The zero-order valence-corrected chi connectivity index (χ0v) is 97.1. The molecule has 2 aromatic heterocycles. The fraction of sp³-hybridized carbons (Fsp3) is 0.298. The summed E-state index contributed by atoms with van der Waals surface area (Å²) in [5.41, 5.74) is 32.1. The number of aromatic nitrogens is 2. The quantitative estimate of drug-likeness (QED) is 0.0201. The molecule has 4 aliphatic carbocycles. The van der Waals surface area contributed by atoms with Crippen molar-refractivity contribution in [1.82, 2.24) is 19.8 Å². The third-order valence-electron chi connectivity index (χ3n) is 26.9. The Morgan fingerprint density at radius 2 is 0.804 bits per heavy atom. The predicted octanol–water partition coefficient (Wildman–Crippen LogP) is 31.1. The summed E-state index contributed by atoms with van der Waals surface area (Å²) in [6, 6.07) is 81.7. The first-order valence-electron chi connectivity index (χ1n) is 49.5. The largest absolute Gasteiger partial charge is 2.00 e. The predicted molar refractivity (Wildman–Crippen MR) is 627 cm³/mol. The summed E-state index contributed by atoms with van der Waals surface area (Å²) >= 11 is 1.19. The maximum absolute atomic E-state index is 7.50. The van der Waals surface area contributed by atoms with Gasteiger partial charge in [0.15, 0.2) is 0 Å². The number of nitrogens with zero attached hydrogens (tertiary/aromatic N) is 8. The van der Waals surface area contributed by atoms with Crippen molar-refractivity contribution >= 4 is 66.8 Å². The second kappa shape index (κ2) is 67.4. The van der Waals surface area contributed by atoms with Gasteiger partial charge in [0.1, 0.15) is 53.2 Å². The Labute approximate surface area is 919 Å². The van der Waals surface area contributed by atoms with Crippen LogP contribution in [0.25, 0.3) is 17.5 Å². The number of fused-ring (bicyclic) bond motifs is 5. The van der Waals surface area contributed by atoms with Crippen molar-refractivity contribution in [2.24, 2.45) is 5.92 Å². The third kappa shape index (κ3) is 35.5. The Kier molecular flexibility index (Phi) is 59.5. The van der Waals surface area contributed by atoms with Gasteiger partial charge in [-0.25, -0.2) is 0 Å². The average molecular weight is 2240 g/mol. The van der Waals surface area contributed by atoms with Crippen molar-refractivity contribution in [2.45, 2.75) is 199 Å². The van der Waals surface area contributed by atoms with Gasteiger partial charge in [-0.3, -0.25) is 14.9 Å². The molecule has 3 atom stereocenters. The van der Waals surface area contributed by atoms with Crippen molar-refractivity contribution in [3.05, 3.63) is 481 Å². The molecule has 2 saturated heterocycles. The van der Waals surface area contributed by atoms with Crippen LogP contribution in [0, 0.1) is 160 Å². The monoisotopic (exact) mass is 2240 g/mol. The van der Waals surface area contributed by atoms with E-state index < -0.39 is 7.26 Å². The molecule has 0 radical (unpaired) electrons. The number of anilines is 4. The van der Waals surface area contributed by atoms with Crippen molar-refractivity contribution in [3.8, 4) is 22.9 Å². The first-order chi connectivity index (χ1) is 69.0. The maximum atomic E-state index is 7.50. The van der Waals surface area contributed by atoms with Crippen LogP contribution in [-0.4, -0.2) is 78.5 Å². The van der Waals surface area contributed by atoms with E-state index in [-0.39, 0.29) is 54.2 Å². The second-order valence-corrected chi connectivity index (χ2v) is 41.2. The minimum absolute atomic E-state index is 0. The van der Waals surface area contributed by atoms with E-state index in [9.17, 15) is 0 Å². The first kappa shape index (κ1) is 131. The summed E-state index contributed by atoms with van der Waals surface area (Å²) in [6.45, 7) is 72.3. The molecule has 0 N–H and O–H groups in total. The van der Waals surface area contributed by atoms with Gasteiger partial charge in [0.05, 0.1) is 37.4 Å². The molecule has 7 aliphatic rings. The molecular weight excluding hydrogens is 2070 g/mol. The van der Waals surface area contributed by atoms with Gasteiger partial charge >= 0.3 is 78.7 Å². The third-order valence-corrected chi connectivity index (χ3v) is 31.1. The zero-order chi connectivity index (χ0) is 103. The molecule has 2 bridgehead atoms. The Morgan fingerprint density at radius 3 is 1.21 bits per heavy atom. The van der Waals surface area contributed by atoms with Gasteiger partial charge in [0.2, 0.25) is 0 Å². The van der Waals surface area contributed by atoms with Crippen LogP contribution in [0.15, 0.2) is 319 Å². The normalized spacial score (nSPS) is 14.7.